The van der Waals surface area contributed by atoms with Crippen molar-refractivity contribution in [2.75, 3.05) is 22.3 Å². The maximum atomic E-state index is 12.7. The fraction of sp³-hybridized carbons (Fsp3) is 0.211. The molecule has 2 bridgehead atoms. The third-order valence-corrected chi connectivity index (χ3v) is 5.11. The van der Waals surface area contributed by atoms with Gasteiger partial charge in [-0.25, -0.2) is 15.3 Å². The number of hydrogen-bond donors (Lipinski definition) is 3. The molecule has 0 saturated carbocycles. The molecule has 3 aliphatic heterocycles. The zero-order chi connectivity index (χ0) is 21.8. The second-order valence-electron chi connectivity index (χ2n) is 6.90. The van der Waals surface area contributed by atoms with Crippen molar-refractivity contribution in [2.45, 2.75) is 19.3 Å². The topological polar surface area (TPSA) is 79.4 Å². The van der Waals surface area contributed by atoms with Crippen molar-refractivity contribution >= 4 is 34.9 Å². The lowest BCUT2D eigenvalue weighted by Gasteiger charge is -2.36. The van der Waals surface area contributed by atoms with Crippen LogP contribution in [0.4, 0.5) is 30.2 Å². The minimum absolute atomic E-state index is 0.184. The molecular formula is C19H15ClF3N5O3. The Morgan fingerprint density at radius 2 is 2.10 bits per heavy atom. The van der Waals surface area contributed by atoms with Gasteiger partial charge in [0.1, 0.15) is 17.3 Å². The monoisotopic (exact) mass is 453 g/mol. The largest absolute Gasteiger partial charge is 0.573 e. The summed E-state index contributed by atoms with van der Waals surface area (Å²) in [5, 5.41) is 5.96. The van der Waals surface area contributed by atoms with E-state index in [1.54, 1.807) is 11.1 Å². The van der Waals surface area contributed by atoms with Crippen LogP contribution in [0.25, 0.3) is 0 Å². The molecule has 0 aromatic heterocycles. The highest BCUT2D eigenvalue weighted by molar-refractivity contribution is 6.32. The fourth-order valence-corrected chi connectivity index (χ4v) is 3.61. The minimum atomic E-state index is -4.88. The number of fused-ring (bicyclic) bond motifs is 3. The molecule has 31 heavy (non-hydrogen) atoms. The number of allylic oxidation sites excluding steroid dienone is 1. The number of hydroxylamine groups is 1. The average Bonchev–Trinajstić information content (AvgIpc) is 3.28. The van der Waals surface area contributed by atoms with Crippen LogP contribution in [0.2, 0.25) is 5.02 Å². The molecule has 0 spiro atoms. The van der Waals surface area contributed by atoms with Crippen LogP contribution >= 0.6 is 11.6 Å². The van der Waals surface area contributed by atoms with Crippen molar-refractivity contribution in [1.29, 1.82) is 0 Å². The van der Waals surface area contributed by atoms with Gasteiger partial charge in [0, 0.05) is 23.5 Å². The van der Waals surface area contributed by atoms with Crippen molar-refractivity contribution in [3.8, 4) is 11.5 Å². The molecule has 1 fully saturated rings. The summed E-state index contributed by atoms with van der Waals surface area (Å²) < 4.78 is 47.6. The molecule has 0 amide bonds. The number of benzene rings is 2. The summed E-state index contributed by atoms with van der Waals surface area (Å²) in [6.07, 6.45) is -3.27. The fourth-order valence-electron chi connectivity index (χ4n) is 3.45. The predicted octanol–water partition coefficient (Wildman–Crippen LogP) is 4.38. The van der Waals surface area contributed by atoms with E-state index in [9.17, 15) is 13.2 Å². The summed E-state index contributed by atoms with van der Waals surface area (Å²) in [6.45, 7) is 2.22. The standard InChI is InChI=1S/C19H15ClF3N5O3/c1-10-8-25-19(26-11-2-4-13(20)16(6-11)30-18(21,22)23)28(17(10)27-31-19)12-3-5-15-14(7-12)24-9-29-15/h2-8,24,26-27H,9H2,1H3. The van der Waals surface area contributed by atoms with E-state index >= 15 is 0 Å². The number of alkyl halides is 3. The van der Waals surface area contributed by atoms with Crippen molar-refractivity contribution in [3.05, 3.63) is 52.8 Å². The number of hydrogen-bond acceptors (Lipinski definition) is 8. The maximum Gasteiger partial charge on any atom is 0.573 e. The van der Waals surface area contributed by atoms with Gasteiger partial charge in [0.25, 0.3) is 0 Å². The predicted molar refractivity (Wildman–Crippen MR) is 108 cm³/mol. The number of anilines is 3. The van der Waals surface area contributed by atoms with Gasteiger partial charge in [0.2, 0.25) is 0 Å². The Labute approximate surface area is 179 Å². The van der Waals surface area contributed by atoms with Crippen molar-refractivity contribution in [2.24, 2.45) is 4.99 Å². The Hall–Kier alpha value is -3.31. The van der Waals surface area contributed by atoms with Crippen LogP contribution in [0.1, 0.15) is 6.92 Å². The summed E-state index contributed by atoms with van der Waals surface area (Å²) >= 11 is 5.86. The van der Waals surface area contributed by atoms with Gasteiger partial charge < -0.3 is 20.1 Å². The highest BCUT2D eigenvalue weighted by atomic mass is 35.5. The molecular weight excluding hydrogens is 439 g/mol. The van der Waals surface area contributed by atoms with Gasteiger partial charge in [-0.3, -0.25) is 4.90 Å². The van der Waals surface area contributed by atoms with Crippen LogP contribution in [0.5, 0.6) is 11.5 Å². The van der Waals surface area contributed by atoms with E-state index in [0.29, 0.717) is 24.0 Å². The normalized spacial score (nSPS) is 21.4. The van der Waals surface area contributed by atoms with Crippen LogP contribution in [-0.2, 0) is 4.84 Å². The summed E-state index contributed by atoms with van der Waals surface area (Å²) in [6, 6.07) is 9.42. The summed E-state index contributed by atoms with van der Waals surface area (Å²) in [7, 11) is 0. The van der Waals surface area contributed by atoms with Gasteiger partial charge >= 0.3 is 12.3 Å². The zero-order valence-corrected chi connectivity index (χ0v) is 16.6. The van der Waals surface area contributed by atoms with E-state index in [-0.39, 0.29) is 10.7 Å². The lowest BCUT2D eigenvalue weighted by Crippen LogP contribution is -2.51. The van der Waals surface area contributed by atoms with Crippen LogP contribution in [0, 0.1) is 0 Å². The quantitative estimate of drug-likeness (QED) is 0.634. The number of ether oxygens (including phenoxy) is 2. The number of nitrogens with zero attached hydrogens (tertiary/aromatic N) is 2. The molecule has 1 saturated heterocycles. The van der Waals surface area contributed by atoms with Gasteiger partial charge in [-0.1, -0.05) is 11.6 Å². The average molecular weight is 454 g/mol. The number of halogens is 4. The number of aliphatic imine (C=N–C) groups is 1. The molecule has 1 atom stereocenters. The Kier molecular flexibility index (Phi) is 4.34. The van der Waals surface area contributed by atoms with E-state index in [4.69, 9.17) is 21.2 Å². The Morgan fingerprint density at radius 1 is 1.26 bits per heavy atom. The zero-order valence-electron chi connectivity index (χ0n) is 15.9. The molecule has 2 aromatic carbocycles. The van der Waals surface area contributed by atoms with Crippen LogP contribution in [-0.4, -0.2) is 25.3 Å². The Balaban J connectivity index is 1.52. The number of nitrogens with one attached hydrogen (secondary N) is 3. The Morgan fingerprint density at radius 3 is 2.90 bits per heavy atom. The van der Waals surface area contributed by atoms with Gasteiger partial charge in [0.05, 0.1) is 16.4 Å². The molecule has 12 heteroatoms. The van der Waals surface area contributed by atoms with Crippen LogP contribution in [0.15, 0.2) is 52.8 Å². The van der Waals surface area contributed by atoms with Crippen LogP contribution in [0.3, 0.4) is 0 Å². The van der Waals surface area contributed by atoms with Gasteiger partial charge in [0.15, 0.2) is 6.73 Å². The highest BCUT2D eigenvalue weighted by Crippen LogP contribution is 2.42. The summed E-state index contributed by atoms with van der Waals surface area (Å²) in [4.78, 5) is 12.0. The van der Waals surface area contributed by atoms with Gasteiger partial charge in [-0.15, -0.1) is 13.2 Å². The van der Waals surface area contributed by atoms with Gasteiger partial charge in [-0.05, 0) is 37.3 Å². The van der Waals surface area contributed by atoms with E-state index in [1.165, 1.54) is 12.1 Å². The molecule has 0 radical (unpaired) electrons. The first-order valence-corrected chi connectivity index (χ1v) is 9.46. The first-order valence-electron chi connectivity index (χ1n) is 9.09. The van der Waals surface area contributed by atoms with E-state index in [2.05, 4.69) is 25.8 Å². The first-order chi connectivity index (χ1) is 14.7. The van der Waals surface area contributed by atoms with Crippen molar-refractivity contribution < 1.29 is 27.5 Å². The highest BCUT2D eigenvalue weighted by Gasteiger charge is 2.49. The minimum Gasteiger partial charge on any atom is -0.471 e. The SMILES string of the molecule is CC1=C2NOC(Nc3ccc(Cl)c(OC(F)(F)F)c3)(N=C1)N2c1ccc2c(c1)NCO2. The summed E-state index contributed by atoms with van der Waals surface area (Å²) in [5.74, 6) is -0.697. The van der Waals surface area contributed by atoms with Gasteiger partial charge in [-0.2, -0.15) is 0 Å². The smallest absolute Gasteiger partial charge is 0.471 e. The van der Waals surface area contributed by atoms with Crippen LogP contribution < -0.4 is 30.5 Å². The third kappa shape index (κ3) is 3.45. The first kappa shape index (κ1) is 19.6. The van der Waals surface area contributed by atoms with Crippen molar-refractivity contribution in [3.63, 3.8) is 0 Å². The molecule has 8 nitrogen and oxygen atoms in total. The second kappa shape index (κ2) is 6.86. The second-order valence-corrected chi connectivity index (χ2v) is 7.31. The molecule has 5 rings (SSSR count). The lowest BCUT2D eigenvalue weighted by molar-refractivity contribution is -0.274. The molecule has 3 N–H and O–H groups in total. The number of rotatable bonds is 4. The molecule has 0 aliphatic carbocycles. The van der Waals surface area contributed by atoms with E-state index < -0.39 is 18.1 Å². The van der Waals surface area contributed by atoms with E-state index in [0.717, 1.165) is 17.3 Å². The Bertz CT molecular complexity index is 1120. The van der Waals surface area contributed by atoms with Crippen molar-refractivity contribution in [1.82, 2.24) is 5.48 Å². The molecule has 3 aliphatic rings. The molecule has 162 valence electrons. The molecule has 1 unspecified atom stereocenters. The molecule has 3 heterocycles. The maximum absolute atomic E-state index is 12.7. The third-order valence-electron chi connectivity index (χ3n) is 4.80. The van der Waals surface area contributed by atoms with E-state index in [1.807, 2.05) is 25.1 Å². The lowest BCUT2D eigenvalue weighted by atomic mass is 10.2. The molecule has 2 aromatic rings. The summed E-state index contributed by atoms with van der Waals surface area (Å²) in [5.41, 5.74) is 5.40.